The summed E-state index contributed by atoms with van der Waals surface area (Å²) in [4.78, 5) is 23.9. The highest BCUT2D eigenvalue weighted by atomic mass is 32.2. The van der Waals surface area contributed by atoms with Gasteiger partial charge in [0, 0.05) is 0 Å². The van der Waals surface area contributed by atoms with Crippen LogP contribution in [0.3, 0.4) is 0 Å². The standard InChI is InChI=1S/C26H25FO7S2/c1-36(31,32)34-23-12-8-21(9-13-23)26(30)33-17-20-4-2-19(3-5-20)16-24(25(28)29)35-15-14-18-6-10-22(27)11-7-18/h2-13,24H,14-17H2,1H3,(H,28,29). The van der Waals surface area contributed by atoms with E-state index >= 15 is 0 Å². The maximum absolute atomic E-state index is 13.0. The summed E-state index contributed by atoms with van der Waals surface area (Å²) >= 11 is 1.34. The van der Waals surface area contributed by atoms with E-state index in [1.165, 1.54) is 48.2 Å². The number of hydrogen-bond donors (Lipinski definition) is 1. The van der Waals surface area contributed by atoms with Gasteiger partial charge in [-0.2, -0.15) is 8.42 Å². The van der Waals surface area contributed by atoms with E-state index in [1.54, 1.807) is 36.4 Å². The molecule has 3 aromatic carbocycles. The second kappa shape index (κ2) is 12.5. The summed E-state index contributed by atoms with van der Waals surface area (Å²) < 4.78 is 45.3. The molecule has 0 aliphatic rings. The van der Waals surface area contributed by atoms with Gasteiger partial charge in [-0.1, -0.05) is 36.4 Å². The number of benzene rings is 3. The van der Waals surface area contributed by atoms with Gasteiger partial charge in [-0.25, -0.2) is 9.18 Å². The van der Waals surface area contributed by atoms with E-state index in [4.69, 9.17) is 8.92 Å². The molecule has 1 N–H and O–H groups in total. The molecule has 0 fully saturated rings. The number of rotatable bonds is 12. The summed E-state index contributed by atoms with van der Waals surface area (Å²) in [6.45, 7) is 0.0233. The predicted molar refractivity (Wildman–Crippen MR) is 135 cm³/mol. The molecule has 10 heteroatoms. The third kappa shape index (κ3) is 9.01. The molecule has 3 aromatic rings. The Hall–Kier alpha value is -3.37. The number of carboxylic acid groups (broad SMARTS) is 1. The van der Waals surface area contributed by atoms with E-state index in [0.717, 1.165) is 22.9 Å². The number of carbonyl (C=O) groups excluding carboxylic acids is 1. The number of carboxylic acids is 1. The first kappa shape index (κ1) is 27.2. The Bertz CT molecular complexity index is 1270. The minimum absolute atomic E-state index is 0.0233. The summed E-state index contributed by atoms with van der Waals surface area (Å²) in [5.41, 5.74) is 2.77. The molecule has 1 atom stereocenters. The molecule has 190 valence electrons. The van der Waals surface area contributed by atoms with Crippen LogP contribution in [0.1, 0.15) is 27.0 Å². The summed E-state index contributed by atoms with van der Waals surface area (Å²) in [7, 11) is -3.65. The van der Waals surface area contributed by atoms with E-state index in [1.807, 2.05) is 0 Å². The van der Waals surface area contributed by atoms with Crippen molar-refractivity contribution in [3.63, 3.8) is 0 Å². The molecule has 36 heavy (non-hydrogen) atoms. The number of ether oxygens (including phenoxy) is 1. The normalized spacial score (nSPS) is 12.1. The lowest BCUT2D eigenvalue weighted by Gasteiger charge is -2.13. The molecule has 0 aliphatic carbocycles. The van der Waals surface area contributed by atoms with Crippen molar-refractivity contribution in [2.75, 3.05) is 12.0 Å². The molecule has 7 nitrogen and oxygen atoms in total. The Morgan fingerprint density at radius 1 is 0.917 bits per heavy atom. The second-order valence-electron chi connectivity index (χ2n) is 7.98. The molecule has 0 amide bonds. The Labute approximate surface area is 213 Å². The molecule has 0 heterocycles. The van der Waals surface area contributed by atoms with Crippen LogP contribution < -0.4 is 4.18 Å². The van der Waals surface area contributed by atoms with Gasteiger partial charge in [-0.3, -0.25) is 4.79 Å². The molecular weight excluding hydrogens is 507 g/mol. The van der Waals surface area contributed by atoms with Gasteiger partial charge >= 0.3 is 22.1 Å². The van der Waals surface area contributed by atoms with Crippen molar-refractivity contribution in [2.45, 2.75) is 24.7 Å². The Kier molecular flexibility index (Phi) is 9.49. The van der Waals surface area contributed by atoms with E-state index < -0.39 is 27.3 Å². The lowest BCUT2D eigenvalue weighted by Crippen LogP contribution is -2.20. The number of esters is 1. The fourth-order valence-corrected chi connectivity index (χ4v) is 4.78. The minimum atomic E-state index is -3.65. The smallest absolute Gasteiger partial charge is 0.338 e. The monoisotopic (exact) mass is 532 g/mol. The largest absolute Gasteiger partial charge is 0.480 e. The fraction of sp³-hybridized carbons (Fsp3) is 0.231. The first-order chi connectivity index (χ1) is 17.1. The zero-order valence-corrected chi connectivity index (χ0v) is 21.1. The third-order valence-corrected chi connectivity index (χ3v) is 6.76. The Morgan fingerprint density at radius 2 is 1.50 bits per heavy atom. The number of hydrogen-bond acceptors (Lipinski definition) is 7. The maximum Gasteiger partial charge on any atom is 0.338 e. The summed E-state index contributed by atoms with van der Waals surface area (Å²) in [6.07, 6.45) is 1.91. The van der Waals surface area contributed by atoms with Gasteiger partial charge in [-0.05, 0) is 71.7 Å². The second-order valence-corrected chi connectivity index (χ2v) is 10.9. The van der Waals surface area contributed by atoms with Crippen LogP contribution in [0.5, 0.6) is 5.75 Å². The quantitative estimate of drug-likeness (QED) is 0.269. The molecule has 1 unspecified atom stereocenters. The van der Waals surface area contributed by atoms with E-state index in [9.17, 15) is 27.5 Å². The third-order valence-electron chi connectivity index (χ3n) is 5.05. The average molecular weight is 533 g/mol. The maximum atomic E-state index is 13.0. The lowest BCUT2D eigenvalue weighted by molar-refractivity contribution is -0.136. The van der Waals surface area contributed by atoms with E-state index in [0.29, 0.717) is 18.6 Å². The van der Waals surface area contributed by atoms with Crippen molar-refractivity contribution in [1.82, 2.24) is 0 Å². The van der Waals surface area contributed by atoms with Gasteiger partial charge in [0.2, 0.25) is 0 Å². The molecule has 0 saturated carbocycles. The van der Waals surface area contributed by atoms with Crippen LogP contribution in [0, 0.1) is 5.82 Å². The van der Waals surface area contributed by atoms with Crippen molar-refractivity contribution in [3.8, 4) is 5.75 Å². The van der Waals surface area contributed by atoms with E-state index in [2.05, 4.69) is 0 Å². The van der Waals surface area contributed by atoms with Crippen LogP contribution in [0.4, 0.5) is 4.39 Å². The molecule has 3 rings (SSSR count). The van der Waals surface area contributed by atoms with Crippen molar-refractivity contribution in [3.05, 3.63) is 101 Å². The van der Waals surface area contributed by atoms with Gasteiger partial charge in [0.15, 0.2) is 0 Å². The van der Waals surface area contributed by atoms with Gasteiger partial charge in [0.05, 0.1) is 11.8 Å². The molecule has 0 spiro atoms. The van der Waals surface area contributed by atoms with Crippen molar-refractivity contribution in [2.24, 2.45) is 0 Å². The molecule has 0 aromatic heterocycles. The Morgan fingerprint density at radius 3 is 2.08 bits per heavy atom. The van der Waals surface area contributed by atoms with Crippen LogP contribution >= 0.6 is 11.8 Å². The van der Waals surface area contributed by atoms with Crippen molar-refractivity contribution >= 4 is 33.8 Å². The van der Waals surface area contributed by atoms with Crippen LogP contribution in [0.2, 0.25) is 0 Å². The first-order valence-electron chi connectivity index (χ1n) is 10.9. The lowest BCUT2D eigenvalue weighted by atomic mass is 10.1. The molecule has 0 radical (unpaired) electrons. The highest BCUT2D eigenvalue weighted by Crippen LogP contribution is 2.20. The number of thioether (sulfide) groups is 1. The number of aliphatic carboxylic acids is 1. The molecule has 0 saturated heterocycles. The van der Waals surface area contributed by atoms with Crippen molar-refractivity contribution < 1.29 is 36.4 Å². The zero-order valence-electron chi connectivity index (χ0n) is 19.4. The summed E-state index contributed by atoms with van der Waals surface area (Å²) in [5, 5.41) is 8.96. The van der Waals surface area contributed by atoms with Gasteiger partial charge in [0.25, 0.3) is 0 Å². The van der Waals surface area contributed by atoms with Crippen LogP contribution in [-0.2, 0) is 39.1 Å². The topological polar surface area (TPSA) is 107 Å². The SMILES string of the molecule is CS(=O)(=O)Oc1ccc(C(=O)OCc2ccc(CC(SCCc3ccc(F)cc3)C(=O)O)cc2)cc1. The average Bonchev–Trinajstić information content (AvgIpc) is 2.83. The molecule has 0 bridgehead atoms. The molecular formula is C26H25FO7S2. The summed E-state index contributed by atoms with van der Waals surface area (Å²) in [6, 6.07) is 18.9. The number of carbonyl (C=O) groups is 2. The van der Waals surface area contributed by atoms with Crippen LogP contribution in [-0.4, -0.2) is 42.7 Å². The Balaban J connectivity index is 1.48. The fourth-order valence-electron chi connectivity index (χ4n) is 3.23. The van der Waals surface area contributed by atoms with Crippen LogP contribution in [0.25, 0.3) is 0 Å². The number of halogens is 1. The number of aryl methyl sites for hydroxylation is 1. The predicted octanol–water partition coefficient (Wildman–Crippen LogP) is 4.49. The van der Waals surface area contributed by atoms with Gasteiger partial charge < -0.3 is 14.0 Å². The molecule has 0 aliphatic heterocycles. The van der Waals surface area contributed by atoms with E-state index in [-0.39, 0.29) is 23.7 Å². The van der Waals surface area contributed by atoms with Gasteiger partial charge in [0.1, 0.15) is 23.4 Å². The van der Waals surface area contributed by atoms with Crippen LogP contribution in [0.15, 0.2) is 72.8 Å². The van der Waals surface area contributed by atoms with Crippen molar-refractivity contribution in [1.29, 1.82) is 0 Å². The highest BCUT2D eigenvalue weighted by molar-refractivity contribution is 8.00. The zero-order chi connectivity index (χ0) is 26.1. The summed E-state index contributed by atoms with van der Waals surface area (Å²) in [5.74, 6) is -1.09. The van der Waals surface area contributed by atoms with Gasteiger partial charge in [-0.15, -0.1) is 11.8 Å². The first-order valence-corrected chi connectivity index (χ1v) is 13.8. The highest BCUT2D eigenvalue weighted by Gasteiger charge is 2.18. The minimum Gasteiger partial charge on any atom is -0.480 e.